The van der Waals surface area contributed by atoms with Crippen molar-refractivity contribution in [3.8, 4) is 11.4 Å². The molecule has 2 aromatic carbocycles. The van der Waals surface area contributed by atoms with Crippen molar-refractivity contribution >= 4 is 11.7 Å². The molecule has 2 aliphatic rings. The molecule has 2 saturated heterocycles. The number of hydrogen-bond donors (Lipinski definition) is 2. The number of nitrogens with zero attached hydrogens (tertiary/aromatic N) is 6. The lowest BCUT2D eigenvalue weighted by molar-refractivity contribution is 0.0876. The van der Waals surface area contributed by atoms with E-state index in [0.717, 1.165) is 68.9 Å². The first kappa shape index (κ1) is 28.2. The summed E-state index contributed by atoms with van der Waals surface area (Å²) in [6.07, 6.45) is 4.29. The van der Waals surface area contributed by atoms with Crippen LogP contribution in [0.25, 0.3) is 11.4 Å². The molecule has 2 N–H and O–H groups in total. The van der Waals surface area contributed by atoms with Crippen molar-refractivity contribution in [2.45, 2.75) is 45.6 Å². The highest BCUT2D eigenvalue weighted by molar-refractivity contribution is 5.90. The van der Waals surface area contributed by atoms with Gasteiger partial charge >= 0.3 is 6.03 Å². The van der Waals surface area contributed by atoms with Crippen molar-refractivity contribution < 1.29 is 9.18 Å². The van der Waals surface area contributed by atoms with Crippen molar-refractivity contribution in [3.05, 3.63) is 59.4 Å². The minimum atomic E-state index is -0.181. The Labute approximate surface area is 236 Å². The first-order chi connectivity index (χ1) is 19.4. The molecule has 0 radical (unpaired) electrons. The Hall–Kier alpha value is -3.37. The van der Waals surface area contributed by atoms with Gasteiger partial charge in [-0.25, -0.2) is 13.9 Å². The Morgan fingerprint density at radius 1 is 1.07 bits per heavy atom. The summed E-state index contributed by atoms with van der Waals surface area (Å²) in [4.78, 5) is 18.3. The number of anilines is 1. The average molecular weight is 549 g/mol. The summed E-state index contributed by atoms with van der Waals surface area (Å²) in [5.74, 6) is 1.39. The van der Waals surface area contributed by atoms with Crippen LogP contribution in [0, 0.1) is 24.6 Å². The Morgan fingerprint density at radius 3 is 2.65 bits per heavy atom. The van der Waals surface area contributed by atoms with Crippen LogP contribution in [0.3, 0.4) is 0 Å². The number of nitrogens with one attached hydrogen (secondary N) is 2. The van der Waals surface area contributed by atoms with E-state index in [1.807, 2.05) is 37.3 Å². The molecule has 9 nitrogen and oxygen atoms in total. The molecular weight excluding hydrogens is 507 g/mol. The van der Waals surface area contributed by atoms with E-state index in [1.54, 1.807) is 23.9 Å². The Morgan fingerprint density at radius 2 is 1.90 bits per heavy atom. The van der Waals surface area contributed by atoms with E-state index < -0.39 is 0 Å². The first-order valence-corrected chi connectivity index (χ1v) is 14.5. The second-order valence-electron chi connectivity index (χ2n) is 11.5. The smallest absolute Gasteiger partial charge is 0.319 e. The van der Waals surface area contributed by atoms with Crippen LogP contribution in [-0.2, 0) is 13.5 Å². The van der Waals surface area contributed by atoms with Crippen molar-refractivity contribution in [1.82, 2.24) is 35.3 Å². The van der Waals surface area contributed by atoms with E-state index in [0.29, 0.717) is 17.7 Å². The summed E-state index contributed by atoms with van der Waals surface area (Å²) in [7, 11) is 1.80. The number of likely N-dealkylation sites (tertiary alicyclic amines) is 2. The monoisotopic (exact) mass is 548 g/mol. The fraction of sp³-hybridized carbons (Fsp3) is 0.533. The highest BCUT2D eigenvalue weighted by Crippen LogP contribution is 2.26. The zero-order chi connectivity index (χ0) is 28.1. The third kappa shape index (κ3) is 7.22. The van der Waals surface area contributed by atoms with Crippen LogP contribution in [0.1, 0.15) is 37.3 Å². The summed E-state index contributed by atoms with van der Waals surface area (Å²) in [6, 6.07) is 12.7. The van der Waals surface area contributed by atoms with Crippen LogP contribution in [0.15, 0.2) is 42.5 Å². The zero-order valence-corrected chi connectivity index (χ0v) is 23.8. The number of rotatable bonds is 8. The van der Waals surface area contributed by atoms with E-state index in [1.165, 1.54) is 18.4 Å². The van der Waals surface area contributed by atoms with Gasteiger partial charge in [0.05, 0.1) is 0 Å². The zero-order valence-electron chi connectivity index (χ0n) is 23.8. The fourth-order valence-electron chi connectivity index (χ4n) is 6.33. The van der Waals surface area contributed by atoms with Crippen molar-refractivity contribution in [2.75, 3.05) is 44.6 Å². The number of benzene rings is 2. The molecule has 0 spiro atoms. The van der Waals surface area contributed by atoms with Gasteiger partial charge in [-0.2, -0.15) is 0 Å². The largest absolute Gasteiger partial charge is 0.335 e. The van der Waals surface area contributed by atoms with E-state index in [4.69, 9.17) is 0 Å². The number of carbonyl (C=O) groups is 1. The number of hydrogen-bond acceptors (Lipinski definition) is 6. The second-order valence-corrected chi connectivity index (χ2v) is 11.5. The van der Waals surface area contributed by atoms with Crippen LogP contribution in [0.5, 0.6) is 0 Å². The molecule has 40 heavy (non-hydrogen) atoms. The quantitative estimate of drug-likeness (QED) is 0.440. The molecule has 2 fully saturated rings. The Bertz CT molecular complexity index is 1280. The van der Waals surface area contributed by atoms with Crippen LogP contribution in [0.4, 0.5) is 14.9 Å². The maximum atomic E-state index is 13.4. The van der Waals surface area contributed by atoms with Gasteiger partial charge in [0.15, 0.2) is 5.82 Å². The lowest BCUT2D eigenvalue weighted by atomic mass is 9.88. The maximum Gasteiger partial charge on any atom is 0.319 e. The number of piperidine rings is 2. The van der Waals surface area contributed by atoms with Crippen molar-refractivity contribution in [1.29, 1.82) is 0 Å². The Kier molecular flexibility index (Phi) is 9.06. The van der Waals surface area contributed by atoms with Gasteiger partial charge in [-0.15, -0.1) is 5.10 Å². The SMILES string of the molecule is CCN1CC[C@@H](NC(=O)Nc2cc(C)cc(-c3nnnn3C)c2)[C@H](CN2CCCC(Cc3ccc(F)cc3)C2)C1. The summed E-state index contributed by atoms with van der Waals surface area (Å²) in [5.41, 5.74) is 3.80. The predicted octanol–water partition coefficient (Wildman–Crippen LogP) is 4.11. The molecule has 2 amide bonds. The molecule has 3 aromatic rings. The number of urea groups is 1. The molecule has 2 aliphatic heterocycles. The van der Waals surface area contributed by atoms with E-state index >= 15 is 0 Å². The average Bonchev–Trinajstić information content (AvgIpc) is 3.36. The number of aromatic nitrogens is 4. The third-order valence-electron chi connectivity index (χ3n) is 8.33. The summed E-state index contributed by atoms with van der Waals surface area (Å²) >= 11 is 0. The summed E-state index contributed by atoms with van der Waals surface area (Å²) in [5, 5.41) is 18.1. The molecule has 3 atom stereocenters. The van der Waals surface area contributed by atoms with Crippen LogP contribution < -0.4 is 10.6 Å². The molecular formula is C30H41FN8O. The lowest BCUT2D eigenvalue weighted by Gasteiger charge is -2.42. The second kappa shape index (κ2) is 12.9. The van der Waals surface area contributed by atoms with Crippen LogP contribution in [-0.4, -0.2) is 81.3 Å². The number of aryl methyl sites for hydroxylation is 2. The van der Waals surface area contributed by atoms with Gasteiger partial charge in [-0.1, -0.05) is 19.1 Å². The molecule has 0 bridgehead atoms. The standard InChI is InChI=1S/C30H41FN8O/c1-4-38-13-11-28(33-30(40)32-27-15-21(2)14-24(17-27)29-34-35-36-37(29)3)25(19-38)20-39-12-5-6-23(18-39)16-22-7-9-26(31)10-8-22/h7-10,14-15,17,23,25,28H,4-6,11-13,16,18-20H2,1-3H3,(H2,32,33,40)/t23?,25-,28+/m0/s1. The van der Waals surface area contributed by atoms with Crippen LogP contribution in [0.2, 0.25) is 0 Å². The molecule has 1 unspecified atom stereocenters. The van der Waals surface area contributed by atoms with Gasteiger partial charge in [0, 0.05) is 56.4 Å². The van der Waals surface area contributed by atoms with Gasteiger partial charge in [0.25, 0.3) is 0 Å². The van der Waals surface area contributed by atoms with E-state index in [-0.39, 0.29) is 17.9 Å². The molecule has 5 rings (SSSR count). The predicted molar refractivity (Wildman–Crippen MR) is 154 cm³/mol. The van der Waals surface area contributed by atoms with Gasteiger partial charge in [0.2, 0.25) is 0 Å². The van der Waals surface area contributed by atoms with Gasteiger partial charge < -0.3 is 20.4 Å². The number of tetrazole rings is 1. The topological polar surface area (TPSA) is 91.2 Å². The molecule has 10 heteroatoms. The normalized spacial score (nSPS) is 22.2. The van der Waals surface area contributed by atoms with Crippen LogP contribution >= 0.6 is 0 Å². The number of carbonyl (C=O) groups excluding carboxylic acids is 1. The third-order valence-corrected chi connectivity index (χ3v) is 8.33. The van der Waals surface area contributed by atoms with E-state index in [9.17, 15) is 9.18 Å². The number of amides is 2. The maximum absolute atomic E-state index is 13.4. The minimum Gasteiger partial charge on any atom is -0.335 e. The molecule has 3 heterocycles. The summed E-state index contributed by atoms with van der Waals surface area (Å²) in [6.45, 7) is 10.3. The van der Waals surface area contributed by atoms with Crippen molar-refractivity contribution in [3.63, 3.8) is 0 Å². The minimum absolute atomic E-state index is 0.104. The van der Waals surface area contributed by atoms with Gasteiger partial charge in [-0.3, -0.25) is 0 Å². The summed E-state index contributed by atoms with van der Waals surface area (Å²) < 4.78 is 15.0. The molecule has 0 aliphatic carbocycles. The molecule has 0 saturated carbocycles. The highest BCUT2D eigenvalue weighted by Gasteiger charge is 2.32. The first-order valence-electron chi connectivity index (χ1n) is 14.5. The highest BCUT2D eigenvalue weighted by atomic mass is 19.1. The van der Waals surface area contributed by atoms with Crippen molar-refractivity contribution in [2.24, 2.45) is 18.9 Å². The van der Waals surface area contributed by atoms with E-state index in [2.05, 4.69) is 42.9 Å². The Balaban J connectivity index is 1.21. The number of halogens is 1. The fourth-order valence-corrected chi connectivity index (χ4v) is 6.33. The van der Waals surface area contributed by atoms with Gasteiger partial charge in [0.1, 0.15) is 5.82 Å². The molecule has 214 valence electrons. The molecule has 1 aromatic heterocycles. The van der Waals surface area contributed by atoms with Gasteiger partial charge in [-0.05, 0) is 103 Å². The lowest BCUT2D eigenvalue weighted by Crippen LogP contribution is -2.55.